The zero-order valence-electron chi connectivity index (χ0n) is 10.5. The molecule has 0 amide bonds. The van der Waals surface area contributed by atoms with Crippen LogP contribution in [-0.4, -0.2) is 32.9 Å². The summed E-state index contributed by atoms with van der Waals surface area (Å²) in [5.74, 6) is 0.307. The van der Waals surface area contributed by atoms with Gasteiger partial charge in [-0.15, -0.1) is 0 Å². The highest BCUT2D eigenvalue weighted by Gasteiger charge is 2.29. The Bertz CT molecular complexity index is 569. The van der Waals surface area contributed by atoms with Gasteiger partial charge in [0.1, 0.15) is 10.6 Å². The molecule has 1 heterocycles. The summed E-state index contributed by atoms with van der Waals surface area (Å²) in [6.07, 6.45) is 2.81. The highest BCUT2D eigenvalue weighted by Crippen LogP contribution is 2.35. The predicted octanol–water partition coefficient (Wildman–Crippen LogP) is 3.18. The molecule has 1 fully saturated rings. The van der Waals surface area contributed by atoms with Crippen molar-refractivity contribution in [3.63, 3.8) is 0 Å². The van der Waals surface area contributed by atoms with Gasteiger partial charge in [0.2, 0.25) is 10.0 Å². The number of rotatable bonds is 3. The fourth-order valence-electron chi connectivity index (χ4n) is 2.11. The standard InChI is InChI=1S/C12H15Cl2NO3S/c1-18-11-8-12(10(14)7-9(11)13)19(16,17)15-5-3-2-4-6-15/h7-8H,2-6H2,1H3. The van der Waals surface area contributed by atoms with Gasteiger partial charge in [-0.25, -0.2) is 8.42 Å². The molecule has 0 saturated carbocycles. The molecular formula is C12H15Cl2NO3S. The first-order valence-electron chi connectivity index (χ1n) is 6.00. The summed E-state index contributed by atoms with van der Waals surface area (Å²) in [4.78, 5) is 0.0531. The van der Waals surface area contributed by atoms with Crippen molar-refractivity contribution in [2.45, 2.75) is 24.2 Å². The average Bonchev–Trinajstić information content (AvgIpc) is 2.39. The van der Waals surface area contributed by atoms with E-state index in [1.54, 1.807) is 0 Å². The van der Waals surface area contributed by atoms with E-state index in [1.165, 1.54) is 23.5 Å². The maximum atomic E-state index is 12.5. The summed E-state index contributed by atoms with van der Waals surface area (Å²) in [5, 5.41) is 0.418. The molecule has 1 aromatic carbocycles. The van der Waals surface area contributed by atoms with Crippen LogP contribution in [0, 0.1) is 0 Å². The zero-order chi connectivity index (χ0) is 14.0. The van der Waals surface area contributed by atoms with Crippen LogP contribution in [0.15, 0.2) is 17.0 Å². The van der Waals surface area contributed by atoms with Gasteiger partial charge in [0.25, 0.3) is 0 Å². The Hall–Kier alpha value is -0.490. The number of nitrogens with zero attached hydrogens (tertiary/aromatic N) is 1. The van der Waals surface area contributed by atoms with Crippen LogP contribution in [0.2, 0.25) is 10.0 Å². The molecule has 1 aromatic rings. The largest absolute Gasteiger partial charge is 0.495 e. The Kier molecular flexibility index (Phi) is 4.61. The fourth-order valence-corrected chi connectivity index (χ4v) is 4.44. The number of halogens is 2. The van der Waals surface area contributed by atoms with Gasteiger partial charge in [0.05, 0.1) is 17.2 Å². The number of ether oxygens (including phenoxy) is 1. The topological polar surface area (TPSA) is 46.6 Å². The minimum atomic E-state index is -3.58. The second-order valence-electron chi connectivity index (χ2n) is 4.38. The van der Waals surface area contributed by atoms with Crippen LogP contribution in [0.3, 0.4) is 0 Å². The summed E-state index contributed by atoms with van der Waals surface area (Å²) in [6.45, 7) is 1.06. The van der Waals surface area contributed by atoms with E-state index in [1.807, 2.05) is 0 Å². The highest BCUT2D eigenvalue weighted by atomic mass is 35.5. The molecule has 7 heteroatoms. The summed E-state index contributed by atoms with van der Waals surface area (Å²) in [5.41, 5.74) is 0. The first-order chi connectivity index (χ1) is 8.96. The quantitative estimate of drug-likeness (QED) is 0.858. The average molecular weight is 324 g/mol. The van der Waals surface area contributed by atoms with Crippen LogP contribution in [0.5, 0.6) is 5.75 Å². The van der Waals surface area contributed by atoms with Crippen LogP contribution in [-0.2, 0) is 10.0 Å². The smallest absolute Gasteiger partial charge is 0.244 e. The molecule has 0 radical (unpaired) electrons. The Balaban J connectivity index is 2.44. The van der Waals surface area contributed by atoms with Gasteiger partial charge in [-0.05, 0) is 18.9 Å². The van der Waals surface area contributed by atoms with E-state index >= 15 is 0 Å². The minimum Gasteiger partial charge on any atom is -0.495 e. The van der Waals surface area contributed by atoms with Crippen molar-refractivity contribution in [1.82, 2.24) is 4.31 Å². The van der Waals surface area contributed by atoms with Gasteiger partial charge in [-0.2, -0.15) is 4.31 Å². The highest BCUT2D eigenvalue weighted by molar-refractivity contribution is 7.89. The molecule has 1 saturated heterocycles. The summed E-state index contributed by atoms with van der Waals surface area (Å²) in [6, 6.07) is 2.79. The van der Waals surface area contributed by atoms with Gasteiger partial charge in [-0.3, -0.25) is 0 Å². The third-order valence-electron chi connectivity index (χ3n) is 3.14. The Morgan fingerprint density at radius 3 is 2.32 bits per heavy atom. The third-order valence-corrected chi connectivity index (χ3v) is 5.80. The van der Waals surface area contributed by atoms with E-state index in [2.05, 4.69) is 0 Å². The molecule has 19 heavy (non-hydrogen) atoms. The van der Waals surface area contributed by atoms with E-state index in [0.29, 0.717) is 23.9 Å². The Labute approximate surface area is 123 Å². The first kappa shape index (κ1) is 14.9. The van der Waals surface area contributed by atoms with Crippen molar-refractivity contribution >= 4 is 33.2 Å². The van der Waals surface area contributed by atoms with Crippen molar-refractivity contribution in [1.29, 1.82) is 0 Å². The molecule has 0 N–H and O–H groups in total. The number of hydrogen-bond acceptors (Lipinski definition) is 3. The predicted molar refractivity (Wildman–Crippen MR) is 75.6 cm³/mol. The maximum absolute atomic E-state index is 12.5. The number of methoxy groups -OCH3 is 1. The van der Waals surface area contributed by atoms with Crippen LogP contribution in [0.25, 0.3) is 0 Å². The van der Waals surface area contributed by atoms with Crippen molar-refractivity contribution in [3.8, 4) is 5.75 Å². The fraction of sp³-hybridized carbons (Fsp3) is 0.500. The molecule has 2 rings (SSSR count). The van der Waals surface area contributed by atoms with Crippen molar-refractivity contribution in [3.05, 3.63) is 22.2 Å². The molecule has 0 bridgehead atoms. The molecular weight excluding hydrogens is 309 g/mol. The number of benzene rings is 1. The monoisotopic (exact) mass is 323 g/mol. The summed E-state index contributed by atoms with van der Waals surface area (Å²) in [7, 11) is -2.14. The van der Waals surface area contributed by atoms with Gasteiger partial charge >= 0.3 is 0 Å². The molecule has 4 nitrogen and oxygen atoms in total. The number of hydrogen-bond donors (Lipinski definition) is 0. The van der Waals surface area contributed by atoms with Crippen molar-refractivity contribution in [2.24, 2.45) is 0 Å². The van der Waals surface area contributed by atoms with Gasteiger partial charge < -0.3 is 4.74 Å². The molecule has 0 spiro atoms. The second kappa shape index (κ2) is 5.87. The molecule has 0 aliphatic carbocycles. The lowest BCUT2D eigenvalue weighted by molar-refractivity contribution is 0.346. The third kappa shape index (κ3) is 2.99. The van der Waals surface area contributed by atoms with Gasteiger partial charge in [-0.1, -0.05) is 29.6 Å². The normalized spacial score (nSPS) is 17.4. The van der Waals surface area contributed by atoms with Crippen LogP contribution in [0.4, 0.5) is 0 Å². The van der Waals surface area contributed by atoms with E-state index in [9.17, 15) is 8.42 Å². The zero-order valence-corrected chi connectivity index (χ0v) is 12.9. The van der Waals surface area contributed by atoms with Crippen LogP contribution >= 0.6 is 23.2 Å². The lowest BCUT2D eigenvalue weighted by Crippen LogP contribution is -2.35. The SMILES string of the molecule is COc1cc(S(=O)(=O)N2CCCCC2)c(Cl)cc1Cl. The number of piperidine rings is 1. The Morgan fingerprint density at radius 2 is 1.74 bits per heavy atom. The lowest BCUT2D eigenvalue weighted by Gasteiger charge is -2.26. The van der Waals surface area contributed by atoms with E-state index < -0.39 is 10.0 Å². The van der Waals surface area contributed by atoms with Gasteiger partial charge in [0, 0.05) is 19.2 Å². The molecule has 106 valence electrons. The van der Waals surface area contributed by atoms with Crippen molar-refractivity contribution < 1.29 is 13.2 Å². The Morgan fingerprint density at radius 1 is 1.11 bits per heavy atom. The molecule has 1 aliphatic rings. The second-order valence-corrected chi connectivity index (χ2v) is 7.10. The molecule has 0 atom stereocenters. The van der Waals surface area contributed by atoms with Crippen LogP contribution in [0.1, 0.15) is 19.3 Å². The molecule has 1 aliphatic heterocycles. The van der Waals surface area contributed by atoms with E-state index in [-0.39, 0.29) is 9.92 Å². The maximum Gasteiger partial charge on any atom is 0.244 e. The first-order valence-corrected chi connectivity index (χ1v) is 8.19. The summed E-state index contributed by atoms with van der Waals surface area (Å²) >= 11 is 11.9. The molecule has 0 aromatic heterocycles. The van der Waals surface area contributed by atoms with E-state index in [0.717, 1.165) is 19.3 Å². The lowest BCUT2D eigenvalue weighted by atomic mass is 10.2. The number of sulfonamides is 1. The van der Waals surface area contributed by atoms with Crippen molar-refractivity contribution in [2.75, 3.05) is 20.2 Å². The van der Waals surface area contributed by atoms with Gasteiger partial charge in [0.15, 0.2) is 0 Å². The van der Waals surface area contributed by atoms with Crippen LogP contribution < -0.4 is 4.74 Å². The van der Waals surface area contributed by atoms with E-state index in [4.69, 9.17) is 27.9 Å². The minimum absolute atomic E-state index is 0.0531. The molecule has 0 unspecified atom stereocenters. The summed E-state index contributed by atoms with van der Waals surface area (Å²) < 4.78 is 31.6.